The molecular formula is C13H10O4. The molecule has 86 valence electrons. The number of aromatic hydroxyl groups is 3. The van der Waals surface area contributed by atoms with Crippen LogP contribution < -0.4 is 0 Å². The number of benzene rings is 2. The van der Waals surface area contributed by atoms with Crippen molar-refractivity contribution in [3.05, 3.63) is 42.0 Å². The SMILES string of the molecule is O=Cc1cc(-c2cccc(O)c2)c(O)cc1O. The monoisotopic (exact) mass is 230 g/mol. The first kappa shape index (κ1) is 11.0. The zero-order valence-corrected chi connectivity index (χ0v) is 8.79. The molecule has 0 heterocycles. The van der Waals surface area contributed by atoms with Crippen LogP contribution in [0.3, 0.4) is 0 Å². The summed E-state index contributed by atoms with van der Waals surface area (Å²) in [5, 5.41) is 28.4. The fourth-order valence-corrected chi connectivity index (χ4v) is 1.59. The van der Waals surface area contributed by atoms with Crippen LogP contribution in [0, 0.1) is 0 Å². The quantitative estimate of drug-likeness (QED) is 0.691. The van der Waals surface area contributed by atoms with Gasteiger partial charge in [0.1, 0.15) is 17.2 Å². The molecule has 2 aromatic carbocycles. The molecule has 0 amide bonds. The Bertz CT molecular complexity index is 576. The van der Waals surface area contributed by atoms with Gasteiger partial charge in [-0.15, -0.1) is 0 Å². The third-order valence-electron chi connectivity index (χ3n) is 2.43. The minimum absolute atomic E-state index is 0.0580. The standard InChI is InChI=1S/C13H10O4/c14-7-9-5-11(13(17)6-12(9)16)8-2-1-3-10(15)4-8/h1-7,15-17H. The van der Waals surface area contributed by atoms with E-state index < -0.39 is 0 Å². The number of phenolic OH excluding ortho intramolecular Hbond substituents is 3. The van der Waals surface area contributed by atoms with Gasteiger partial charge in [-0.3, -0.25) is 4.79 Å². The van der Waals surface area contributed by atoms with Crippen molar-refractivity contribution >= 4 is 6.29 Å². The molecule has 17 heavy (non-hydrogen) atoms. The Morgan fingerprint density at radius 3 is 2.35 bits per heavy atom. The second kappa shape index (κ2) is 4.17. The summed E-state index contributed by atoms with van der Waals surface area (Å²) in [5.41, 5.74) is 1.02. The van der Waals surface area contributed by atoms with Crippen molar-refractivity contribution in [2.45, 2.75) is 0 Å². The van der Waals surface area contributed by atoms with Crippen LogP contribution in [-0.2, 0) is 0 Å². The third-order valence-corrected chi connectivity index (χ3v) is 2.43. The van der Waals surface area contributed by atoms with Crippen LogP contribution in [-0.4, -0.2) is 21.6 Å². The van der Waals surface area contributed by atoms with Crippen LogP contribution in [0.15, 0.2) is 36.4 Å². The van der Waals surface area contributed by atoms with Crippen molar-refractivity contribution in [2.24, 2.45) is 0 Å². The number of rotatable bonds is 2. The predicted molar refractivity (Wildman–Crippen MR) is 62.3 cm³/mol. The van der Waals surface area contributed by atoms with Gasteiger partial charge in [-0.25, -0.2) is 0 Å². The van der Waals surface area contributed by atoms with E-state index in [-0.39, 0.29) is 22.8 Å². The average Bonchev–Trinajstić information content (AvgIpc) is 2.29. The molecule has 0 spiro atoms. The Hall–Kier alpha value is -2.49. The molecule has 0 aromatic heterocycles. The van der Waals surface area contributed by atoms with Crippen molar-refractivity contribution in [2.75, 3.05) is 0 Å². The number of aldehydes is 1. The van der Waals surface area contributed by atoms with Crippen molar-refractivity contribution in [1.82, 2.24) is 0 Å². The Kier molecular flexibility index (Phi) is 2.70. The van der Waals surface area contributed by atoms with Gasteiger partial charge in [0.25, 0.3) is 0 Å². The first-order chi connectivity index (χ1) is 8.11. The lowest BCUT2D eigenvalue weighted by molar-refractivity contribution is 0.112. The van der Waals surface area contributed by atoms with Gasteiger partial charge in [0, 0.05) is 11.6 Å². The average molecular weight is 230 g/mol. The molecule has 0 fully saturated rings. The lowest BCUT2D eigenvalue weighted by atomic mass is 10.0. The molecule has 0 saturated heterocycles. The largest absolute Gasteiger partial charge is 0.508 e. The highest BCUT2D eigenvalue weighted by molar-refractivity contribution is 5.85. The molecule has 3 N–H and O–H groups in total. The zero-order valence-electron chi connectivity index (χ0n) is 8.79. The predicted octanol–water partition coefficient (Wildman–Crippen LogP) is 2.28. The van der Waals surface area contributed by atoms with E-state index in [4.69, 9.17) is 0 Å². The van der Waals surface area contributed by atoms with E-state index in [1.165, 1.54) is 18.2 Å². The summed E-state index contributed by atoms with van der Waals surface area (Å²) in [4.78, 5) is 10.7. The highest BCUT2D eigenvalue weighted by Gasteiger charge is 2.10. The second-order valence-electron chi connectivity index (χ2n) is 3.60. The summed E-state index contributed by atoms with van der Waals surface area (Å²) in [7, 11) is 0. The fourth-order valence-electron chi connectivity index (χ4n) is 1.59. The Morgan fingerprint density at radius 2 is 1.71 bits per heavy atom. The number of hydrogen-bond acceptors (Lipinski definition) is 4. The maximum absolute atomic E-state index is 10.7. The van der Waals surface area contributed by atoms with Crippen molar-refractivity contribution in [3.8, 4) is 28.4 Å². The van der Waals surface area contributed by atoms with Crippen molar-refractivity contribution < 1.29 is 20.1 Å². The van der Waals surface area contributed by atoms with Crippen LogP contribution in [0.5, 0.6) is 17.2 Å². The van der Waals surface area contributed by atoms with E-state index >= 15 is 0 Å². The van der Waals surface area contributed by atoms with E-state index in [2.05, 4.69) is 0 Å². The maximum atomic E-state index is 10.7. The smallest absolute Gasteiger partial charge is 0.153 e. The van der Waals surface area contributed by atoms with Gasteiger partial charge in [0.2, 0.25) is 0 Å². The van der Waals surface area contributed by atoms with E-state index in [9.17, 15) is 20.1 Å². The van der Waals surface area contributed by atoms with Crippen molar-refractivity contribution in [3.63, 3.8) is 0 Å². The van der Waals surface area contributed by atoms with Crippen LogP contribution >= 0.6 is 0 Å². The number of carbonyl (C=O) groups is 1. The molecule has 0 bridgehead atoms. The summed E-state index contributed by atoms with van der Waals surface area (Å²) in [6, 6.07) is 8.73. The second-order valence-corrected chi connectivity index (χ2v) is 3.60. The lowest BCUT2D eigenvalue weighted by Crippen LogP contribution is -1.85. The highest BCUT2D eigenvalue weighted by Crippen LogP contribution is 2.35. The van der Waals surface area contributed by atoms with Gasteiger partial charge in [0.15, 0.2) is 6.29 Å². The van der Waals surface area contributed by atoms with Crippen molar-refractivity contribution in [1.29, 1.82) is 0 Å². The fraction of sp³-hybridized carbons (Fsp3) is 0. The van der Waals surface area contributed by atoms with E-state index in [1.54, 1.807) is 12.1 Å². The van der Waals surface area contributed by atoms with E-state index in [1.807, 2.05) is 0 Å². The van der Waals surface area contributed by atoms with Gasteiger partial charge < -0.3 is 15.3 Å². The van der Waals surface area contributed by atoms with Gasteiger partial charge in [-0.1, -0.05) is 12.1 Å². The third kappa shape index (κ3) is 2.06. The molecule has 2 rings (SSSR count). The van der Waals surface area contributed by atoms with E-state index in [0.29, 0.717) is 17.4 Å². The summed E-state index contributed by atoms with van der Waals surface area (Å²) in [6.45, 7) is 0. The minimum atomic E-state index is -0.276. The molecule has 0 unspecified atom stereocenters. The Balaban J connectivity index is 2.63. The Morgan fingerprint density at radius 1 is 0.941 bits per heavy atom. The highest BCUT2D eigenvalue weighted by atomic mass is 16.3. The topological polar surface area (TPSA) is 77.8 Å². The lowest BCUT2D eigenvalue weighted by Gasteiger charge is -2.07. The number of hydrogen-bond donors (Lipinski definition) is 3. The van der Waals surface area contributed by atoms with Gasteiger partial charge >= 0.3 is 0 Å². The zero-order chi connectivity index (χ0) is 12.4. The van der Waals surface area contributed by atoms with Crippen LogP contribution in [0.2, 0.25) is 0 Å². The molecule has 4 heteroatoms. The van der Waals surface area contributed by atoms with E-state index in [0.717, 1.165) is 6.07 Å². The Labute approximate surface area is 97.4 Å². The van der Waals surface area contributed by atoms with Crippen LogP contribution in [0.4, 0.5) is 0 Å². The van der Waals surface area contributed by atoms with Gasteiger partial charge in [0.05, 0.1) is 5.56 Å². The number of phenols is 3. The normalized spacial score (nSPS) is 10.1. The minimum Gasteiger partial charge on any atom is -0.508 e. The molecular weight excluding hydrogens is 220 g/mol. The molecule has 0 radical (unpaired) electrons. The van der Waals surface area contributed by atoms with Crippen LogP contribution in [0.1, 0.15) is 10.4 Å². The molecule has 4 nitrogen and oxygen atoms in total. The summed E-state index contributed by atoms with van der Waals surface area (Å²) in [6.07, 6.45) is 0.501. The maximum Gasteiger partial charge on any atom is 0.153 e. The molecule has 2 aromatic rings. The summed E-state index contributed by atoms with van der Waals surface area (Å²) >= 11 is 0. The molecule has 0 aliphatic carbocycles. The summed E-state index contributed by atoms with van der Waals surface area (Å²) in [5.74, 6) is -0.372. The molecule has 0 saturated carbocycles. The number of carbonyl (C=O) groups excluding carboxylic acids is 1. The van der Waals surface area contributed by atoms with Gasteiger partial charge in [-0.05, 0) is 23.8 Å². The first-order valence-corrected chi connectivity index (χ1v) is 4.92. The van der Waals surface area contributed by atoms with Gasteiger partial charge in [-0.2, -0.15) is 0 Å². The molecule has 0 aliphatic heterocycles. The first-order valence-electron chi connectivity index (χ1n) is 4.92. The van der Waals surface area contributed by atoms with Crippen LogP contribution in [0.25, 0.3) is 11.1 Å². The summed E-state index contributed by atoms with van der Waals surface area (Å²) < 4.78 is 0. The molecule has 0 aliphatic rings. The molecule has 0 atom stereocenters.